The number of carbonyl (C=O) groups excluding carboxylic acids is 2. The highest BCUT2D eigenvalue weighted by atomic mass is 16.5. The van der Waals surface area contributed by atoms with Crippen molar-refractivity contribution >= 4 is 17.6 Å². The molecular weight excluding hydrogens is 306 g/mol. The van der Waals surface area contributed by atoms with Crippen molar-refractivity contribution < 1.29 is 19.1 Å². The van der Waals surface area contributed by atoms with Gasteiger partial charge >= 0.3 is 5.97 Å². The molecule has 0 saturated carbocycles. The summed E-state index contributed by atoms with van der Waals surface area (Å²) in [6.07, 6.45) is 0.315. The van der Waals surface area contributed by atoms with Gasteiger partial charge in [0.15, 0.2) is 6.10 Å². The third-order valence-corrected chi connectivity index (χ3v) is 3.59. The molecule has 0 unspecified atom stereocenters. The molecule has 1 amide bonds. The van der Waals surface area contributed by atoms with Gasteiger partial charge in [0.1, 0.15) is 5.75 Å². The van der Waals surface area contributed by atoms with Crippen LogP contribution in [0.15, 0.2) is 48.5 Å². The molecule has 24 heavy (non-hydrogen) atoms. The molecule has 2 aromatic carbocycles. The van der Waals surface area contributed by atoms with Gasteiger partial charge in [0, 0.05) is 5.69 Å². The number of benzene rings is 2. The van der Waals surface area contributed by atoms with E-state index in [0.717, 1.165) is 6.42 Å². The highest BCUT2D eigenvalue weighted by Crippen LogP contribution is 2.16. The van der Waals surface area contributed by atoms with Gasteiger partial charge in [-0.15, -0.1) is 0 Å². The van der Waals surface area contributed by atoms with Crippen LogP contribution in [0.4, 0.5) is 5.69 Å². The Morgan fingerprint density at radius 3 is 2.21 bits per heavy atom. The van der Waals surface area contributed by atoms with Gasteiger partial charge in [-0.1, -0.05) is 19.1 Å². The van der Waals surface area contributed by atoms with Crippen molar-refractivity contribution in [3.8, 4) is 5.75 Å². The number of rotatable bonds is 6. The normalized spacial score (nSPS) is 11.5. The Morgan fingerprint density at radius 2 is 1.67 bits per heavy atom. The standard InChI is InChI=1S/C19H21NO4/c1-4-14-5-11-17(12-6-14)24-13(2)18(21)20-16-9-7-15(8-10-16)19(22)23-3/h5-13H,4H2,1-3H3,(H,20,21)/t13-/m1/s1. The van der Waals surface area contributed by atoms with E-state index in [1.54, 1.807) is 31.2 Å². The first kappa shape index (κ1) is 17.5. The summed E-state index contributed by atoms with van der Waals surface area (Å²) < 4.78 is 10.3. The smallest absolute Gasteiger partial charge is 0.337 e. The lowest BCUT2D eigenvalue weighted by molar-refractivity contribution is -0.122. The van der Waals surface area contributed by atoms with E-state index in [-0.39, 0.29) is 5.91 Å². The first-order valence-electron chi connectivity index (χ1n) is 7.78. The maximum atomic E-state index is 12.2. The van der Waals surface area contributed by atoms with Gasteiger partial charge in [-0.25, -0.2) is 4.79 Å². The predicted octanol–water partition coefficient (Wildman–Crippen LogP) is 3.44. The lowest BCUT2D eigenvalue weighted by Gasteiger charge is -2.15. The van der Waals surface area contributed by atoms with Gasteiger partial charge < -0.3 is 14.8 Å². The molecule has 5 nitrogen and oxygen atoms in total. The third-order valence-electron chi connectivity index (χ3n) is 3.59. The Kier molecular flexibility index (Phi) is 5.95. The van der Waals surface area contributed by atoms with Crippen molar-refractivity contribution in [2.24, 2.45) is 0 Å². The molecule has 0 saturated heterocycles. The van der Waals surface area contributed by atoms with Crippen LogP contribution in [-0.2, 0) is 16.0 Å². The van der Waals surface area contributed by atoms with Crippen molar-refractivity contribution in [2.45, 2.75) is 26.4 Å². The van der Waals surface area contributed by atoms with E-state index in [4.69, 9.17) is 4.74 Å². The Morgan fingerprint density at radius 1 is 1.04 bits per heavy atom. The molecule has 0 aliphatic carbocycles. The van der Waals surface area contributed by atoms with E-state index in [1.165, 1.54) is 12.7 Å². The number of methoxy groups -OCH3 is 1. The molecule has 1 N–H and O–H groups in total. The number of esters is 1. The largest absolute Gasteiger partial charge is 0.481 e. The fourth-order valence-electron chi connectivity index (χ4n) is 2.11. The molecule has 2 rings (SSSR count). The van der Waals surface area contributed by atoms with Crippen LogP contribution in [0.2, 0.25) is 0 Å². The average molecular weight is 327 g/mol. The number of amides is 1. The molecular formula is C19H21NO4. The van der Waals surface area contributed by atoms with E-state index >= 15 is 0 Å². The van der Waals surface area contributed by atoms with Gasteiger partial charge in [-0.05, 0) is 55.3 Å². The summed E-state index contributed by atoms with van der Waals surface area (Å²) in [5, 5.41) is 2.75. The first-order chi connectivity index (χ1) is 11.5. The van der Waals surface area contributed by atoms with Crippen molar-refractivity contribution in [2.75, 3.05) is 12.4 Å². The Balaban J connectivity index is 1.94. The summed E-state index contributed by atoms with van der Waals surface area (Å²) in [7, 11) is 1.32. The van der Waals surface area contributed by atoms with Gasteiger partial charge in [0.05, 0.1) is 12.7 Å². The summed E-state index contributed by atoms with van der Waals surface area (Å²) in [5.41, 5.74) is 2.23. The average Bonchev–Trinajstić information content (AvgIpc) is 2.62. The van der Waals surface area contributed by atoms with E-state index < -0.39 is 12.1 Å². The molecule has 0 heterocycles. The fraction of sp³-hybridized carbons (Fsp3) is 0.263. The molecule has 0 bridgehead atoms. The minimum atomic E-state index is -0.641. The van der Waals surface area contributed by atoms with Gasteiger partial charge in [0.25, 0.3) is 5.91 Å². The number of ether oxygens (including phenoxy) is 2. The highest BCUT2D eigenvalue weighted by Gasteiger charge is 2.15. The molecule has 0 radical (unpaired) electrons. The molecule has 126 valence electrons. The minimum Gasteiger partial charge on any atom is -0.481 e. The number of nitrogens with one attached hydrogen (secondary N) is 1. The molecule has 2 aromatic rings. The Bertz CT molecular complexity index is 692. The lowest BCUT2D eigenvalue weighted by atomic mass is 10.2. The van der Waals surface area contributed by atoms with Crippen LogP contribution >= 0.6 is 0 Å². The molecule has 0 aliphatic heterocycles. The van der Waals surface area contributed by atoms with Crippen LogP contribution in [0.1, 0.15) is 29.8 Å². The second kappa shape index (κ2) is 8.15. The molecule has 0 spiro atoms. The molecule has 5 heteroatoms. The molecule has 1 atom stereocenters. The first-order valence-corrected chi connectivity index (χ1v) is 7.78. The third kappa shape index (κ3) is 4.59. The van der Waals surface area contributed by atoms with Crippen molar-refractivity contribution in [1.82, 2.24) is 0 Å². The highest BCUT2D eigenvalue weighted by molar-refractivity contribution is 5.95. The fourth-order valence-corrected chi connectivity index (χ4v) is 2.11. The lowest BCUT2D eigenvalue weighted by Crippen LogP contribution is -2.30. The number of hydrogen-bond donors (Lipinski definition) is 1. The summed E-state index contributed by atoms with van der Waals surface area (Å²) in [4.78, 5) is 23.6. The van der Waals surface area contributed by atoms with Crippen LogP contribution in [0.25, 0.3) is 0 Å². The second-order valence-electron chi connectivity index (χ2n) is 5.32. The van der Waals surface area contributed by atoms with Crippen molar-refractivity contribution in [3.63, 3.8) is 0 Å². The zero-order valence-electron chi connectivity index (χ0n) is 14.0. The Hall–Kier alpha value is -2.82. The molecule has 0 fully saturated rings. The van der Waals surface area contributed by atoms with Crippen LogP contribution in [-0.4, -0.2) is 25.1 Å². The van der Waals surface area contributed by atoms with Gasteiger partial charge in [-0.3, -0.25) is 4.79 Å². The molecule has 0 aliphatic rings. The summed E-state index contributed by atoms with van der Waals surface area (Å²) >= 11 is 0. The molecule has 0 aromatic heterocycles. The maximum absolute atomic E-state index is 12.2. The minimum absolute atomic E-state index is 0.264. The van der Waals surface area contributed by atoms with E-state index in [1.807, 2.05) is 24.3 Å². The van der Waals surface area contributed by atoms with E-state index in [2.05, 4.69) is 17.0 Å². The van der Waals surface area contributed by atoms with Crippen LogP contribution < -0.4 is 10.1 Å². The zero-order valence-corrected chi connectivity index (χ0v) is 14.0. The number of carbonyl (C=O) groups is 2. The van der Waals surface area contributed by atoms with Crippen LogP contribution in [0, 0.1) is 0 Å². The van der Waals surface area contributed by atoms with E-state index in [9.17, 15) is 9.59 Å². The summed E-state index contributed by atoms with van der Waals surface area (Å²) in [5.74, 6) is -0.0311. The van der Waals surface area contributed by atoms with Crippen LogP contribution in [0.3, 0.4) is 0 Å². The van der Waals surface area contributed by atoms with E-state index in [0.29, 0.717) is 17.0 Å². The summed E-state index contributed by atoms with van der Waals surface area (Å²) in [6.45, 7) is 3.77. The quantitative estimate of drug-likeness (QED) is 0.826. The summed E-state index contributed by atoms with van der Waals surface area (Å²) in [6, 6.07) is 14.1. The SMILES string of the molecule is CCc1ccc(O[C@H](C)C(=O)Nc2ccc(C(=O)OC)cc2)cc1. The number of aryl methyl sites for hydroxylation is 1. The predicted molar refractivity (Wildman–Crippen MR) is 92.3 cm³/mol. The number of hydrogen-bond acceptors (Lipinski definition) is 4. The van der Waals surface area contributed by atoms with Gasteiger partial charge in [0.2, 0.25) is 0 Å². The zero-order chi connectivity index (χ0) is 17.5. The second-order valence-corrected chi connectivity index (χ2v) is 5.32. The van der Waals surface area contributed by atoms with Crippen molar-refractivity contribution in [1.29, 1.82) is 0 Å². The topological polar surface area (TPSA) is 64.6 Å². The maximum Gasteiger partial charge on any atom is 0.337 e. The van der Waals surface area contributed by atoms with Gasteiger partial charge in [-0.2, -0.15) is 0 Å². The van der Waals surface area contributed by atoms with Crippen molar-refractivity contribution in [3.05, 3.63) is 59.7 Å². The van der Waals surface area contributed by atoms with Crippen LogP contribution in [0.5, 0.6) is 5.75 Å². The Labute approximate surface area is 141 Å². The monoisotopic (exact) mass is 327 g/mol. The number of anilines is 1.